The van der Waals surface area contributed by atoms with E-state index in [1.165, 1.54) is 0 Å². The average molecular weight is 255 g/mol. The molecule has 0 aromatic carbocycles. The Bertz CT molecular complexity index is 348. The van der Waals surface area contributed by atoms with Crippen molar-refractivity contribution in [2.24, 2.45) is 0 Å². The Morgan fingerprint density at radius 2 is 2.43 bits per heavy atom. The van der Waals surface area contributed by atoms with Gasteiger partial charge in [0.25, 0.3) is 0 Å². The summed E-state index contributed by atoms with van der Waals surface area (Å²) in [5, 5.41) is 0. The van der Waals surface area contributed by atoms with Crippen LogP contribution in [0.15, 0.2) is 47.6 Å². The van der Waals surface area contributed by atoms with Crippen LogP contribution in [-0.2, 0) is 0 Å². The zero-order chi connectivity index (χ0) is 10.4. The molecule has 0 fully saturated rings. The highest BCUT2D eigenvalue weighted by Gasteiger charge is 1.95. The lowest BCUT2D eigenvalue weighted by atomic mass is 10.4. The third-order valence-corrected chi connectivity index (χ3v) is 1.64. The fourth-order valence-electron chi connectivity index (χ4n) is 0.767. The van der Waals surface area contributed by atoms with Crippen molar-refractivity contribution in [2.45, 2.75) is 6.92 Å². The van der Waals surface area contributed by atoms with Crippen LogP contribution < -0.4 is 4.74 Å². The number of aromatic nitrogens is 2. The van der Waals surface area contributed by atoms with E-state index in [4.69, 9.17) is 4.74 Å². The molecule has 0 radical (unpaired) electrons. The molecule has 3 nitrogen and oxygen atoms in total. The van der Waals surface area contributed by atoms with Crippen LogP contribution in [0.1, 0.15) is 6.92 Å². The van der Waals surface area contributed by atoms with Crippen molar-refractivity contribution < 1.29 is 4.74 Å². The van der Waals surface area contributed by atoms with Gasteiger partial charge in [-0.1, -0.05) is 22.5 Å². The van der Waals surface area contributed by atoms with Gasteiger partial charge in [0, 0.05) is 0 Å². The van der Waals surface area contributed by atoms with E-state index in [2.05, 4.69) is 32.5 Å². The summed E-state index contributed by atoms with van der Waals surface area (Å²) in [6.07, 6.45) is 8.49. The molecule has 74 valence electrons. The van der Waals surface area contributed by atoms with Gasteiger partial charge in [0.2, 0.25) is 5.88 Å². The summed E-state index contributed by atoms with van der Waals surface area (Å²) in [6.45, 7) is 5.59. The molecule has 0 amide bonds. The molecule has 1 heterocycles. The molecule has 1 N–H and O–H groups in total. The molecule has 0 aliphatic rings. The summed E-state index contributed by atoms with van der Waals surface area (Å²) >= 11 is 3.32. The number of aromatic amines is 1. The van der Waals surface area contributed by atoms with E-state index in [0.717, 1.165) is 4.48 Å². The predicted octanol–water partition coefficient (Wildman–Crippen LogP) is 3.16. The average Bonchev–Trinajstić information content (AvgIpc) is 2.64. The molecule has 14 heavy (non-hydrogen) atoms. The number of nitrogens with zero attached hydrogens (tertiary/aromatic N) is 1. The first kappa shape index (κ1) is 10.8. The van der Waals surface area contributed by atoms with Crippen molar-refractivity contribution in [3.05, 3.63) is 47.6 Å². The van der Waals surface area contributed by atoms with Crippen LogP contribution in [0.5, 0.6) is 5.88 Å². The Hall–Kier alpha value is -1.29. The Balaban J connectivity index is 2.69. The number of hydrogen-bond donors (Lipinski definition) is 1. The van der Waals surface area contributed by atoms with Crippen LogP contribution in [-0.4, -0.2) is 9.97 Å². The third-order valence-electron chi connectivity index (χ3n) is 1.38. The normalized spacial score (nSPS) is 12.7. The van der Waals surface area contributed by atoms with Crippen LogP contribution >= 0.6 is 15.9 Å². The molecule has 0 atom stereocenters. The van der Waals surface area contributed by atoms with E-state index < -0.39 is 0 Å². The van der Waals surface area contributed by atoms with Gasteiger partial charge < -0.3 is 9.72 Å². The van der Waals surface area contributed by atoms with Crippen LogP contribution in [0.2, 0.25) is 0 Å². The third kappa shape index (κ3) is 3.62. The molecule has 0 spiro atoms. The molecule has 0 aliphatic carbocycles. The van der Waals surface area contributed by atoms with Gasteiger partial charge in [-0.05, 0) is 29.6 Å². The molecule has 1 aromatic heterocycles. The Labute approximate surface area is 91.3 Å². The van der Waals surface area contributed by atoms with Crippen molar-refractivity contribution in [3.63, 3.8) is 0 Å². The highest BCUT2D eigenvalue weighted by atomic mass is 79.9. The van der Waals surface area contributed by atoms with Crippen molar-refractivity contribution in [3.8, 4) is 5.88 Å². The largest absolute Gasteiger partial charge is 0.439 e. The second-order valence-corrected chi connectivity index (χ2v) is 3.80. The Morgan fingerprint density at radius 1 is 1.64 bits per heavy atom. The number of H-pyrrole nitrogens is 1. The summed E-state index contributed by atoms with van der Waals surface area (Å²) in [6, 6.07) is 0. The fraction of sp³-hybridized carbons (Fsp3) is 0.100. The molecule has 0 aliphatic heterocycles. The molecular formula is C10H11BrN2O. The van der Waals surface area contributed by atoms with Crippen LogP contribution in [0, 0.1) is 0 Å². The molecular weight excluding hydrogens is 244 g/mol. The number of allylic oxidation sites excluding steroid dienone is 4. The highest BCUT2D eigenvalue weighted by molar-refractivity contribution is 9.11. The first-order chi connectivity index (χ1) is 6.72. The summed E-state index contributed by atoms with van der Waals surface area (Å²) in [5.41, 5.74) is 0. The minimum absolute atomic E-state index is 0.594. The van der Waals surface area contributed by atoms with E-state index in [-0.39, 0.29) is 0 Å². The number of imidazole rings is 1. The van der Waals surface area contributed by atoms with E-state index in [1.807, 2.05) is 19.1 Å². The van der Waals surface area contributed by atoms with E-state index in [0.29, 0.717) is 11.6 Å². The Morgan fingerprint density at radius 3 is 2.93 bits per heavy atom. The van der Waals surface area contributed by atoms with Gasteiger partial charge >= 0.3 is 0 Å². The predicted molar refractivity (Wildman–Crippen MR) is 60.2 cm³/mol. The summed E-state index contributed by atoms with van der Waals surface area (Å²) < 4.78 is 6.43. The van der Waals surface area contributed by atoms with Gasteiger partial charge in [0.05, 0.1) is 12.5 Å². The lowest BCUT2D eigenvalue weighted by Crippen LogP contribution is -1.91. The second kappa shape index (κ2) is 5.44. The first-order valence-electron chi connectivity index (χ1n) is 4.05. The van der Waals surface area contributed by atoms with Crippen LogP contribution in [0.3, 0.4) is 0 Å². The molecule has 0 bridgehead atoms. The molecule has 1 aromatic rings. The standard InChI is InChI=1S/C10H11BrN2O/c1-3-9(5-4-8(2)11)14-10-6-12-7-13-10/h3-7H,1H2,2H3,(H,12,13)/b8-4+,9-5+. The van der Waals surface area contributed by atoms with Crippen molar-refractivity contribution in [1.82, 2.24) is 9.97 Å². The number of hydrogen-bond acceptors (Lipinski definition) is 2. The second-order valence-electron chi connectivity index (χ2n) is 2.54. The SMILES string of the molecule is C=C/C(=C\C=C(/C)Br)Oc1cnc[nH]1. The molecule has 0 unspecified atom stereocenters. The number of halogens is 1. The lowest BCUT2D eigenvalue weighted by molar-refractivity contribution is 0.429. The molecule has 1 rings (SSSR count). The molecule has 4 heteroatoms. The molecule has 0 saturated carbocycles. The monoisotopic (exact) mass is 254 g/mol. The Kier molecular flexibility index (Phi) is 4.19. The van der Waals surface area contributed by atoms with Crippen LogP contribution in [0.4, 0.5) is 0 Å². The minimum Gasteiger partial charge on any atom is -0.439 e. The summed E-state index contributed by atoms with van der Waals surface area (Å²) in [4.78, 5) is 6.67. The number of nitrogens with one attached hydrogen (secondary N) is 1. The van der Waals surface area contributed by atoms with Gasteiger partial charge in [-0.2, -0.15) is 0 Å². The smallest absolute Gasteiger partial charge is 0.217 e. The minimum atomic E-state index is 0.594. The van der Waals surface area contributed by atoms with Gasteiger partial charge in [-0.3, -0.25) is 0 Å². The van der Waals surface area contributed by atoms with E-state index >= 15 is 0 Å². The van der Waals surface area contributed by atoms with Crippen molar-refractivity contribution in [1.29, 1.82) is 0 Å². The quantitative estimate of drug-likeness (QED) is 0.662. The molecule has 0 saturated heterocycles. The summed E-state index contributed by atoms with van der Waals surface area (Å²) in [7, 11) is 0. The highest BCUT2D eigenvalue weighted by Crippen LogP contribution is 2.10. The zero-order valence-corrected chi connectivity index (χ0v) is 9.41. The number of ether oxygens (including phenoxy) is 1. The van der Waals surface area contributed by atoms with Gasteiger partial charge in [-0.25, -0.2) is 4.98 Å². The lowest BCUT2D eigenvalue weighted by Gasteiger charge is -2.01. The van der Waals surface area contributed by atoms with E-state index in [1.54, 1.807) is 18.6 Å². The maximum absolute atomic E-state index is 5.41. The zero-order valence-electron chi connectivity index (χ0n) is 7.83. The van der Waals surface area contributed by atoms with Crippen LogP contribution in [0.25, 0.3) is 0 Å². The fourth-order valence-corrected chi connectivity index (χ4v) is 0.899. The maximum atomic E-state index is 5.41. The topological polar surface area (TPSA) is 37.9 Å². The number of rotatable bonds is 4. The summed E-state index contributed by atoms with van der Waals surface area (Å²) in [5.74, 6) is 1.25. The van der Waals surface area contributed by atoms with Crippen molar-refractivity contribution >= 4 is 15.9 Å². The van der Waals surface area contributed by atoms with Gasteiger partial charge in [-0.15, -0.1) is 0 Å². The van der Waals surface area contributed by atoms with Crippen molar-refractivity contribution in [2.75, 3.05) is 0 Å². The van der Waals surface area contributed by atoms with Gasteiger partial charge in [0.15, 0.2) is 0 Å². The van der Waals surface area contributed by atoms with E-state index in [9.17, 15) is 0 Å². The maximum Gasteiger partial charge on any atom is 0.217 e. The van der Waals surface area contributed by atoms with Gasteiger partial charge in [0.1, 0.15) is 5.76 Å². The first-order valence-corrected chi connectivity index (χ1v) is 4.84.